The zero-order valence-corrected chi connectivity index (χ0v) is 14.7. The Hall–Kier alpha value is -2.86. The fraction of sp³-hybridized carbons (Fsp3) is 0.300. The number of nitrogens with zero attached hydrogens (tertiary/aromatic N) is 1. The third-order valence-electron chi connectivity index (χ3n) is 4.95. The zero-order valence-electron chi connectivity index (χ0n) is 14.7. The quantitative estimate of drug-likeness (QED) is 0.675. The van der Waals surface area contributed by atoms with E-state index in [1.165, 1.54) is 0 Å². The third-order valence-corrected chi connectivity index (χ3v) is 4.95. The summed E-state index contributed by atoms with van der Waals surface area (Å²) in [6, 6.07) is 10.9. The van der Waals surface area contributed by atoms with Crippen LogP contribution in [0.4, 0.5) is 0 Å². The Morgan fingerprint density at radius 1 is 1.27 bits per heavy atom. The standard InChI is InChI=1S/C20H21N3O3/c1-11-12(2)26-20(22-11)17-9-14(10-21-17)23-19(25)16-8-7-13-5-3-4-6-15(13)18(16)24/h3-8,14,17,21,24H,9-10H2,1-2H3,(H,23,25)/t14-,17-/m0/s1. The molecule has 2 aromatic carbocycles. The molecule has 1 aromatic heterocycles. The van der Waals surface area contributed by atoms with Gasteiger partial charge in [0.2, 0.25) is 5.89 Å². The fourth-order valence-corrected chi connectivity index (χ4v) is 3.38. The van der Waals surface area contributed by atoms with E-state index in [0.29, 0.717) is 24.2 Å². The maximum Gasteiger partial charge on any atom is 0.255 e. The minimum atomic E-state index is -0.277. The first-order valence-corrected chi connectivity index (χ1v) is 8.72. The summed E-state index contributed by atoms with van der Waals surface area (Å²) in [5, 5.41) is 18.4. The average molecular weight is 351 g/mol. The number of carbonyl (C=O) groups is 1. The zero-order chi connectivity index (χ0) is 18.3. The van der Waals surface area contributed by atoms with Crippen molar-refractivity contribution in [2.75, 3.05) is 6.54 Å². The first-order valence-electron chi connectivity index (χ1n) is 8.72. The number of phenols is 1. The van der Waals surface area contributed by atoms with Gasteiger partial charge in [-0.1, -0.05) is 30.3 Å². The van der Waals surface area contributed by atoms with Crippen LogP contribution in [0.1, 0.15) is 40.2 Å². The van der Waals surface area contributed by atoms with Gasteiger partial charge in [-0.05, 0) is 31.7 Å². The topological polar surface area (TPSA) is 87.4 Å². The molecule has 6 nitrogen and oxygen atoms in total. The summed E-state index contributed by atoms with van der Waals surface area (Å²) in [7, 11) is 0. The lowest BCUT2D eigenvalue weighted by Crippen LogP contribution is -2.36. The van der Waals surface area contributed by atoms with Crippen LogP contribution < -0.4 is 10.6 Å². The minimum Gasteiger partial charge on any atom is -0.506 e. The molecule has 0 bridgehead atoms. The molecule has 26 heavy (non-hydrogen) atoms. The van der Waals surface area contributed by atoms with E-state index < -0.39 is 0 Å². The number of amides is 1. The van der Waals surface area contributed by atoms with Crippen molar-refractivity contribution in [1.29, 1.82) is 0 Å². The van der Waals surface area contributed by atoms with Crippen LogP contribution in [-0.4, -0.2) is 28.6 Å². The number of oxazole rings is 1. The van der Waals surface area contributed by atoms with E-state index in [1.54, 1.807) is 6.07 Å². The van der Waals surface area contributed by atoms with E-state index in [-0.39, 0.29) is 29.3 Å². The van der Waals surface area contributed by atoms with Crippen molar-refractivity contribution in [2.45, 2.75) is 32.4 Å². The fourth-order valence-electron chi connectivity index (χ4n) is 3.38. The van der Waals surface area contributed by atoms with Crippen molar-refractivity contribution in [2.24, 2.45) is 0 Å². The van der Waals surface area contributed by atoms with Crippen LogP contribution in [0.5, 0.6) is 5.75 Å². The van der Waals surface area contributed by atoms with Gasteiger partial charge < -0.3 is 20.2 Å². The Labute approximate surface area is 151 Å². The summed E-state index contributed by atoms with van der Waals surface area (Å²) < 4.78 is 5.68. The van der Waals surface area contributed by atoms with Gasteiger partial charge in [0, 0.05) is 18.0 Å². The van der Waals surface area contributed by atoms with E-state index >= 15 is 0 Å². The molecule has 1 aliphatic rings. The molecule has 2 atom stereocenters. The molecule has 134 valence electrons. The second-order valence-corrected chi connectivity index (χ2v) is 6.74. The van der Waals surface area contributed by atoms with Crippen LogP contribution in [0.15, 0.2) is 40.8 Å². The monoisotopic (exact) mass is 351 g/mol. The second-order valence-electron chi connectivity index (χ2n) is 6.74. The van der Waals surface area contributed by atoms with Gasteiger partial charge in [-0.2, -0.15) is 0 Å². The Balaban J connectivity index is 1.48. The van der Waals surface area contributed by atoms with Gasteiger partial charge in [-0.15, -0.1) is 0 Å². The van der Waals surface area contributed by atoms with E-state index in [9.17, 15) is 9.90 Å². The van der Waals surface area contributed by atoms with E-state index in [4.69, 9.17) is 4.42 Å². The highest BCUT2D eigenvalue weighted by Gasteiger charge is 2.30. The van der Waals surface area contributed by atoms with Crippen molar-refractivity contribution in [3.63, 3.8) is 0 Å². The number of phenolic OH excluding ortho intramolecular Hbond substituents is 1. The highest BCUT2D eigenvalue weighted by molar-refractivity contribution is 6.03. The molecule has 3 N–H and O–H groups in total. The summed E-state index contributed by atoms with van der Waals surface area (Å²) in [5.74, 6) is 1.21. The molecule has 0 aliphatic carbocycles. The molecule has 0 spiro atoms. The van der Waals surface area contributed by atoms with Crippen molar-refractivity contribution in [1.82, 2.24) is 15.6 Å². The number of aryl methyl sites for hydroxylation is 2. The van der Waals surface area contributed by atoms with Gasteiger partial charge in [0.15, 0.2) is 0 Å². The van der Waals surface area contributed by atoms with Crippen molar-refractivity contribution < 1.29 is 14.3 Å². The Morgan fingerprint density at radius 3 is 2.85 bits per heavy atom. The lowest BCUT2D eigenvalue weighted by Gasteiger charge is -2.13. The molecule has 1 fully saturated rings. The molecule has 1 amide bonds. The van der Waals surface area contributed by atoms with Gasteiger partial charge in [0.1, 0.15) is 11.5 Å². The molecule has 2 heterocycles. The second kappa shape index (κ2) is 6.46. The maximum absolute atomic E-state index is 12.6. The minimum absolute atomic E-state index is 0.0158. The van der Waals surface area contributed by atoms with E-state index in [1.807, 2.05) is 44.2 Å². The van der Waals surface area contributed by atoms with Crippen LogP contribution >= 0.6 is 0 Å². The number of carbonyl (C=O) groups excluding carboxylic acids is 1. The van der Waals surface area contributed by atoms with Gasteiger partial charge in [0.25, 0.3) is 5.91 Å². The predicted molar refractivity (Wildman–Crippen MR) is 98.2 cm³/mol. The molecule has 1 saturated heterocycles. The molecular formula is C20H21N3O3. The first-order chi connectivity index (χ1) is 12.5. The number of rotatable bonds is 3. The third kappa shape index (κ3) is 2.93. The summed E-state index contributed by atoms with van der Waals surface area (Å²) in [6.45, 7) is 4.44. The van der Waals surface area contributed by atoms with Gasteiger partial charge in [-0.25, -0.2) is 4.98 Å². The smallest absolute Gasteiger partial charge is 0.255 e. The summed E-state index contributed by atoms with van der Waals surface area (Å²) in [5.41, 5.74) is 1.17. The Morgan fingerprint density at radius 2 is 2.08 bits per heavy atom. The lowest BCUT2D eigenvalue weighted by atomic mass is 10.0. The SMILES string of the molecule is Cc1nc([C@@H]2C[C@H](NC(=O)c3ccc4ccccc4c3O)CN2)oc1C. The van der Waals surface area contributed by atoms with Crippen LogP contribution in [-0.2, 0) is 0 Å². The van der Waals surface area contributed by atoms with Gasteiger partial charge in [-0.3, -0.25) is 4.79 Å². The average Bonchev–Trinajstić information content (AvgIpc) is 3.22. The number of benzene rings is 2. The maximum atomic E-state index is 12.6. The molecule has 6 heteroatoms. The highest BCUT2D eigenvalue weighted by Crippen LogP contribution is 2.29. The van der Waals surface area contributed by atoms with Crippen LogP contribution in [0.25, 0.3) is 10.8 Å². The van der Waals surface area contributed by atoms with Crippen LogP contribution in [0.3, 0.4) is 0 Å². The lowest BCUT2D eigenvalue weighted by molar-refractivity contribution is 0.0937. The van der Waals surface area contributed by atoms with Crippen molar-refractivity contribution >= 4 is 16.7 Å². The number of hydrogen-bond donors (Lipinski definition) is 3. The van der Waals surface area contributed by atoms with Crippen molar-refractivity contribution in [3.8, 4) is 5.75 Å². The van der Waals surface area contributed by atoms with Crippen LogP contribution in [0, 0.1) is 13.8 Å². The number of aromatic hydroxyl groups is 1. The van der Waals surface area contributed by atoms with Crippen molar-refractivity contribution in [3.05, 3.63) is 59.3 Å². The molecule has 0 saturated carbocycles. The summed E-state index contributed by atoms with van der Waals surface area (Å²) in [4.78, 5) is 17.1. The number of fused-ring (bicyclic) bond motifs is 1. The molecule has 0 radical (unpaired) electrons. The molecule has 0 unspecified atom stereocenters. The highest BCUT2D eigenvalue weighted by atomic mass is 16.4. The van der Waals surface area contributed by atoms with Gasteiger partial charge in [0.05, 0.1) is 17.3 Å². The first kappa shape index (κ1) is 16.6. The predicted octanol–water partition coefficient (Wildman–Crippen LogP) is 2.98. The molecular weight excluding hydrogens is 330 g/mol. The largest absolute Gasteiger partial charge is 0.506 e. The Bertz CT molecular complexity index is 960. The van der Waals surface area contributed by atoms with Gasteiger partial charge >= 0.3 is 0 Å². The summed E-state index contributed by atoms with van der Waals surface area (Å²) in [6.07, 6.45) is 0.694. The number of hydrogen-bond acceptors (Lipinski definition) is 5. The van der Waals surface area contributed by atoms with E-state index in [0.717, 1.165) is 16.8 Å². The number of nitrogens with one attached hydrogen (secondary N) is 2. The van der Waals surface area contributed by atoms with Crippen LogP contribution in [0.2, 0.25) is 0 Å². The molecule has 4 rings (SSSR count). The number of aromatic nitrogens is 1. The normalized spacial score (nSPS) is 19.8. The van der Waals surface area contributed by atoms with E-state index in [2.05, 4.69) is 15.6 Å². The Kier molecular flexibility index (Phi) is 4.12. The summed E-state index contributed by atoms with van der Waals surface area (Å²) >= 11 is 0. The molecule has 1 aliphatic heterocycles. The molecule has 3 aromatic rings.